The van der Waals surface area contributed by atoms with Gasteiger partial charge in [0.05, 0.1) is 11.8 Å². The lowest BCUT2D eigenvalue weighted by Crippen LogP contribution is -2.38. The Morgan fingerprint density at radius 1 is 1.21 bits per heavy atom. The molecule has 0 bridgehead atoms. The van der Waals surface area contributed by atoms with E-state index in [1.807, 2.05) is 11.8 Å². The maximum absolute atomic E-state index is 13.0. The Bertz CT molecular complexity index is 940. The third-order valence-corrected chi connectivity index (χ3v) is 5.33. The van der Waals surface area contributed by atoms with Crippen molar-refractivity contribution in [3.63, 3.8) is 0 Å². The van der Waals surface area contributed by atoms with Gasteiger partial charge in [-0.25, -0.2) is 4.39 Å². The van der Waals surface area contributed by atoms with Gasteiger partial charge in [-0.2, -0.15) is 4.98 Å². The minimum Gasteiger partial charge on any atom is -0.469 e. The largest absolute Gasteiger partial charge is 0.469 e. The summed E-state index contributed by atoms with van der Waals surface area (Å²) in [5, 5.41) is 4.03. The summed E-state index contributed by atoms with van der Waals surface area (Å²) in [6.45, 7) is 3.31. The van der Waals surface area contributed by atoms with Gasteiger partial charge in [-0.15, -0.1) is 0 Å². The van der Waals surface area contributed by atoms with Gasteiger partial charge < -0.3 is 13.8 Å². The van der Waals surface area contributed by atoms with E-state index in [1.54, 1.807) is 24.5 Å². The highest BCUT2D eigenvalue weighted by Gasteiger charge is 2.25. The smallest absolute Gasteiger partial charge is 0.257 e. The van der Waals surface area contributed by atoms with Crippen LogP contribution in [0.4, 0.5) is 4.39 Å². The van der Waals surface area contributed by atoms with E-state index in [1.165, 1.54) is 12.1 Å². The number of aryl methyl sites for hydroxylation is 2. The number of rotatable bonds is 5. The number of piperidine rings is 1. The maximum Gasteiger partial charge on any atom is 0.257 e. The summed E-state index contributed by atoms with van der Waals surface area (Å²) in [4.78, 5) is 18.8. The highest BCUT2D eigenvalue weighted by Crippen LogP contribution is 2.25. The van der Waals surface area contributed by atoms with Crippen molar-refractivity contribution < 1.29 is 18.1 Å². The number of halogens is 1. The normalized spacial score (nSPS) is 15.1. The summed E-state index contributed by atoms with van der Waals surface area (Å²) in [5.41, 5.74) is 1.36. The molecule has 1 aromatic carbocycles. The number of amides is 1. The Hall–Kier alpha value is -2.96. The molecule has 1 saturated heterocycles. The Kier molecular flexibility index (Phi) is 5.23. The zero-order valence-electron chi connectivity index (χ0n) is 15.7. The molecule has 0 N–H and O–H groups in total. The van der Waals surface area contributed by atoms with Crippen LogP contribution in [-0.4, -0.2) is 34.0 Å². The second kappa shape index (κ2) is 7.96. The van der Waals surface area contributed by atoms with Crippen LogP contribution in [0.2, 0.25) is 0 Å². The molecule has 0 unspecified atom stereocenters. The summed E-state index contributed by atoms with van der Waals surface area (Å²) < 4.78 is 23.5. The molecule has 1 aliphatic heterocycles. The number of carbonyl (C=O) groups excluding carboxylic acids is 1. The lowest BCUT2D eigenvalue weighted by atomic mass is 9.92. The first-order valence-electron chi connectivity index (χ1n) is 9.52. The number of likely N-dealkylation sites (tertiary alicyclic amines) is 1. The van der Waals surface area contributed by atoms with Crippen LogP contribution < -0.4 is 0 Å². The van der Waals surface area contributed by atoms with Gasteiger partial charge in [0, 0.05) is 25.1 Å². The van der Waals surface area contributed by atoms with Crippen LogP contribution in [0.15, 0.2) is 45.5 Å². The molecule has 3 aromatic rings. The minimum absolute atomic E-state index is 0.0480. The molecule has 1 aliphatic rings. The molecule has 6 nitrogen and oxygen atoms in total. The highest BCUT2D eigenvalue weighted by molar-refractivity contribution is 5.95. The molecular weight excluding hydrogens is 361 g/mol. The van der Waals surface area contributed by atoms with Gasteiger partial charge in [-0.3, -0.25) is 4.79 Å². The number of furan rings is 1. The van der Waals surface area contributed by atoms with E-state index in [0.717, 1.165) is 38.8 Å². The fourth-order valence-corrected chi connectivity index (χ4v) is 3.60. The van der Waals surface area contributed by atoms with Crippen molar-refractivity contribution in [3.8, 4) is 11.5 Å². The molecule has 0 radical (unpaired) electrons. The standard InChI is InChI=1S/C21H22FN3O3/c1-14-18(10-13-27-14)21(26)25-11-8-15(9-12-25)2-7-19-23-20(28-24-19)16-3-5-17(22)6-4-16/h3-6,10,13,15H,2,7-9,11-12H2,1H3. The zero-order valence-corrected chi connectivity index (χ0v) is 15.7. The van der Waals surface area contributed by atoms with Crippen molar-refractivity contribution in [2.45, 2.75) is 32.6 Å². The van der Waals surface area contributed by atoms with Crippen LogP contribution in [0.5, 0.6) is 0 Å². The Morgan fingerprint density at radius 3 is 2.64 bits per heavy atom. The van der Waals surface area contributed by atoms with Crippen molar-refractivity contribution in [3.05, 3.63) is 59.6 Å². The van der Waals surface area contributed by atoms with Crippen LogP contribution in [0.3, 0.4) is 0 Å². The van der Waals surface area contributed by atoms with Gasteiger partial charge in [0.2, 0.25) is 0 Å². The van der Waals surface area contributed by atoms with Crippen LogP contribution in [0.25, 0.3) is 11.5 Å². The number of nitrogens with zero attached hydrogens (tertiary/aromatic N) is 3. The predicted octanol–water partition coefficient (Wildman–Crippen LogP) is 4.26. The summed E-state index contributed by atoms with van der Waals surface area (Å²) in [6.07, 6.45) is 5.16. The molecule has 146 valence electrons. The number of hydrogen-bond acceptors (Lipinski definition) is 5. The first kappa shape index (κ1) is 18.4. The van der Waals surface area contributed by atoms with Gasteiger partial charge in [-0.1, -0.05) is 5.16 Å². The molecule has 0 aliphatic carbocycles. The minimum atomic E-state index is -0.295. The maximum atomic E-state index is 13.0. The topological polar surface area (TPSA) is 72.4 Å². The van der Waals surface area contributed by atoms with E-state index in [4.69, 9.17) is 8.94 Å². The number of aromatic nitrogens is 2. The molecular formula is C21H22FN3O3. The van der Waals surface area contributed by atoms with E-state index >= 15 is 0 Å². The molecule has 2 aromatic heterocycles. The van der Waals surface area contributed by atoms with Crippen molar-refractivity contribution in [1.82, 2.24) is 15.0 Å². The first-order valence-corrected chi connectivity index (χ1v) is 9.52. The summed E-state index contributed by atoms with van der Waals surface area (Å²) in [5.74, 6) is 2.02. The molecule has 7 heteroatoms. The van der Waals surface area contributed by atoms with Crippen LogP contribution in [0, 0.1) is 18.7 Å². The molecule has 0 saturated carbocycles. The van der Waals surface area contributed by atoms with Gasteiger partial charge in [-0.05, 0) is 62.4 Å². The van der Waals surface area contributed by atoms with Crippen LogP contribution in [0.1, 0.15) is 41.2 Å². The van der Waals surface area contributed by atoms with Crippen molar-refractivity contribution in [2.75, 3.05) is 13.1 Å². The second-order valence-corrected chi connectivity index (χ2v) is 7.19. The van der Waals surface area contributed by atoms with Crippen molar-refractivity contribution in [1.29, 1.82) is 0 Å². The third-order valence-electron chi connectivity index (χ3n) is 5.33. The monoisotopic (exact) mass is 383 g/mol. The SMILES string of the molecule is Cc1occc1C(=O)N1CCC(CCc2noc(-c3ccc(F)cc3)n2)CC1. The summed E-state index contributed by atoms with van der Waals surface area (Å²) >= 11 is 0. The average molecular weight is 383 g/mol. The molecule has 0 spiro atoms. The predicted molar refractivity (Wildman–Crippen MR) is 100 cm³/mol. The zero-order chi connectivity index (χ0) is 19.5. The van der Waals surface area contributed by atoms with Crippen LogP contribution >= 0.6 is 0 Å². The summed E-state index contributed by atoms with van der Waals surface area (Å²) in [7, 11) is 0. The van der Waals surface area contributed by atoms with E-state index in [0.29, 0.717) is 34.5 Å². The lowest BCUT2D eigenvalue weighted by Gasteiger charge is -2.31. The third kappa shape index (κ3) is 3.98. The molecule has 3 heterocycles. The average Bonchev–Trinajstić information content (AvgIpc) is 3.36. The molecule has 4 rings (SSSR count). The molecule has 1 amide bonds. The first-order chi connectivity index (χ1) is 13.6. The quantitative estimate of drug-likeness (QED) is 0.658. The molecule has 0 atom stereocenters. The van der Waals surface area contributed by atoms with Gasteiger partial charge in [0.25, 0.3) is 11.8 Å². The summed E-state index contributed by atoms with van der Waals surface area (Å²) in [6, 6.07) is 7.74. The Labute approximate surface area is 162 Å². The number of hydrogen-bond donors (Lipinski definition) is 0. The lowest BCUT2D eigenvalue weighted by molar-refractivity contribution is 0.0685. The van der Waals surface area contributed by atoms with Crippen LogP contribution in [-0.2, 0) is 6.42 Å². The Balaban J connectivity index is 1.27. The van der Waals surface area contributed by atoms with Gasteiger partial charge in [0.15, 0.2) is 5.82 Å². The number of carbonyl (C=O) groups is 1. The molecule has 1 fully saturated rings. The number of benzene rings is 1. The fourth-order valence-electron chi connectivity index (χ4n) is 3.60. The van der Waals surface area contributed by atoms with E-state index in [-0.39, 0.29) is 11.7 Å². The van der Waals surface area contributed by atoms with Crippen molar-refractivity contribution in [2.24, 2.45) is 5.92 Å². The van der Waals surface area contributed by atoms with Crippen molar-refractivity contribution >= 4 is 5.91 Å². The van der Waals surface area contributed by atoms with Gasteiger partial charge in [0.1, 0.15) is 11.6 Å². The Morgan fingerprint density at radius 2 is 1.96 bits per heavy atom. The highest BCUT2D eigenvalue weighted by atomic mass is 19.1. The molecule has 28 heavy (non-hydrogen) atoms. The van der Waals surface area contributed by atoms with E-state index < -0.39 is 0 Å². The fraction of sp³-hybridized carbons (Fsp3) is 0.381. The van der Waals surface area contributed by atoms with E-state index in [9.17, 15) is 9.18 Å². The second-order valence-electron chi connectivity index (χ2n) is 7.19. The van der Waals surface area contributed by atoms with E-state index in [2.05, 4.69) is 10.1 Å². The van der Waals surface area contributed by atoms with Gasteiger partial charge >= 0.3 is 0 Å².